The fraction of sp³-hybridized carbons (Fsp3) is 0.429. The van der Waals surface area contributed by atoms with Gasteiger partial charge in [-0.3, -0.25) is 9.59 Å². The van der Waals surface area contributed by atoms with Gasteiger partial charge < -0.3 is 10.0 Å². The van der Waals surface area contributed by atoms with E-state index in [2.05, 4.69) is 0 Å². The largest absolute Gasteiger partial charge is 0.481 e. The highest BCUT2D eigenvalue weighted by molar-refractivity contribution is 6.30. The quantitative estimate of drug-likeness (QED) is 0.930. The first-order valence-electron chi connectivity index (χ1n) is 6.42. The molecule has 6 heteroatoms. The fourth-order valence-corrected chi connectivity index (χ4v) is 2.90. The average Bonchev–Trinajstić information content (AvgIpc) is 2.66. The van der Waals surface area contributed by atoms with E-state index in [0.717, 1.165) is 6.07 Å². The molecule has 0 aliphatic carbocycles. The third-order valence-electron chi connectivity index (χ3n) is 3.44. The minimum atomic E-state index is -1.05. The Hall–Kier alpha value is -1.62. The lowest BCUT2D eigenvalue weighted by Gasteiger charge is -2.27. The highest BCUT2D eigenvalue weighted by Gasteiger charge is 2.44. The van der Waals surface area contributed by atoms with E-state index in [1.807, 2.05) is 6.92 Å². The van der Waals surface area contributed by atoms with Gasteiger partial charge in [-0.25, -0.2) is 4.39 Å². The number of halogens is 2. The third kappa shape index (κ3) is 2.77. The van der Waals surface area contributed by atoms with Crippen molar-refractivity contribution in [1.82, 2.24) is 4.90 Å². The molecule has 108 valence electrons. The van der Waals surface area contributed by atoms with Crippen LogP contribution in [0.3, 0.4) is 0 Å². The van der Waals surface area contributed by atoms with E-state index in [1.54, 1.807) is 0 Å². The third-order valence-corrected chi connectivity index (χ3v) is 3.66. The minimum absolute atomic E-state index is 0.0614. The van der Waals surface area contributed by atoms with Crippen LogP contribution in [0.2, 0.25) is 5.02 Å². The molecular formula is C14H15ClFNO3. The van der Waals surface area contributed by atoms with Crippen molar-refractivity contribution in [2.75, 3.05) is 6.54 Å². The van der Waals surface area contributed by atoms with Gasteiger partial charge in [-0.05, 0) is 30.2 Å². The maximum atomic E-state index is 13.5. The average molecular weight is 300 g/mol. The Labute approximate surface area is 121 Å². The van der Waals surface area contributed by atoms with Crippen molar-refractivity contribution in [3.05, 3.63) is 34.6 Å². The molecule has 0 radical (unpaired) electrons. The van der Waals surface area contributed by atoms with Gasteiger partial charge in [-0.1, -0.05) is 18.5 Å². The molecule has 4 nitrogen and oxygen atoms in total. The summed E-state index contributed by atoms with van der Waals surface area (Å²) in [6, 6.07) is 3.26. The zero-order valence-corrected chi connectivity index (χ0v) is 11.7. The van der Waals surface area contributed by atoms with Gasteiger partial charge in [0.1, 0.15) is 5.82 Å². The first kappa shape index (κ1) is 14.8. The highest BCUT2D eigenvalue weighted by atomic mass is 35.5. The maximum absolute atomic E-state index is 13.5. The number of nitrogens with zero attached hydrogens (tertiary/aromatic N) is 1. The van der Waals surface area contributed by atoms with E-state index in [9.17, 15) is 19.1 Å². The van der Waals surface area contributed by atoms with E-state index < -0.39 is 23.7 Å². The standard InChI is InChI=1S/C14H15ClFNO3/c1-2-3-17-12(18)7-11(14(19)20)13(17)8-4-9(15)6-10(16)5-8/h4-6,11,13H,2-3,7H2,1H3,(H,19,20). The van der Waals surface area contributed by atoms with Gasteiger partial charge in [-0.2, -0.15) is 0 Å². The van der Waals surface area contributed by atoms with Crippen LogP contribution in [-0.2, 0) is 9.59 Å². The summed E-state index contributed by atoms with van der Waals surface area (Å²) in [4.78, 5) is 24.8. The minimum Gasteiger partial charge on any atom is -0.481 e. The molecule has 20 heavy (non-hydrogen) atoms. The number of carboxylic acids is 1. The summed E-state index contributed by atoms with van der Waals surface area (Å²) in [6.45, 7) is 2.35. The lowest BCUT2D eigenvalue weighted by atomic mass is 9.93. The number of aliphatic carboxylic acids is 1. The molecule has 0 bridgehead atoms. The number of rotatable bonds is 4. The molecule has 1 saturated heterocycles. The van der Waals surface area contributed by atoms with Crippen LogP contribution in [0, 0.1) is 11.7 Å². The van der Waals surface area contributed by atoms with Crippen molar-refractivity contribution < 1.29 is 19.1 Å². The molecule has 2 unspecified atom stereocenters. The molecule has 0 saturated carbocycles. The van der Waals surface area contributed by atoms with Crippen LogP contribution >= 0.6 is 11.6 Å². The Morgan fingerprint density at radius 1 is 1.50 bits per heavy atom. The number of carbonyl (C=O) groups is 2. The zero-order valence-electron chi connectivity index (χ0n) is 11.0. The molecule has 2 atom stereocenters. The Balaban J connectivity index is 2.45. The van der Waals surface area contributed by atoms with Crippen LogP contribution in [-0.4, -0.2) is 28.4 Å². The molecule has 1 aliphatic rings. The summed E-state index contributed by atoms with van der Waals surface area (Å²) >= 11 is 5.83. The molecule has 1 aromatic carbocycles. The van der Waals surface area contributed by atoms with Crippen molar-refractivity contribution in [3.8, 4) is 0 Å². The predicted molar refractivity (Wildman–Crippen MR) is 71.9 cm³/mol. The van der Waals surface area contributed by atoms with Crippen LogP contribution in [0.25, 0.3) is 0 Å². The Kier molecular flexibility index (Phi) is 4.28. The molecule has 1 aliphatic heterocycles. The van der Waals surface area contributed by atoms with Gasteiger partial charge in [0, 0.05) is 18.0 Å². The molecule has 0 aromatic heterocycles. The molecule has 2 rings (SSSR count). The van der Waals surface area contributed by atoms with Gasteiger partial charge in [0.05, 0.1) is 12.0 Å². The number of benzene rings is 1. The van der Waals surface area contributed by atoms with Crippen molar-refractivity contribution >= 4 is 23.5 Å². The second kappa shape index (κ2) is 5.79. The SMILES string of the molecule is CCCN1C(=O)CC(C(=O)O)C1c1cc(F)cc(Cl)c1. The number of likely N-dealkylation sites (tertiary alicyclic amines) is 1. The molecule has 1 amide bonds. The van der Waals surface area contributed by atoms with Gasteiger partial charge in [0.2, 0.25) is 5.91 Å². The van der Waals surface area contributed by atoms with Gasteiger partial charge in [-0.15, -0.1) is 0 Å². The second-order valence-corrected chi connectivity index (χ2v) is 5.32. The van der Waals surface area contributed by atoms with E-state index in [4.69, 9.17) is 11.6 Å². The predicted octanol–water partition coefficient (Wildman–Crippen LogP) is 2.86. The van der Waals surface area contributed by atoms with Crippen molar-refractivity contribution in [2.24, 2.45) is 5.92 Å². The molecule has 1 fully saturated rings. The first-order valence-corrected chi connectivity index (χ1v) is 6.80. The van der Waals surface area contributed by atoms with Gasteiger partial charge in [0.15, 0.2) is 0 Å². The van der Waals surface area contributed by atoms with Crippen molar-refractivity contribution in [2.45, 2.75) is 25.8 Å². The zero-order chi connectivity index (χ0) is 14.9. The van der Waals surface area contributed by atoms with Crippen LogP contribution in [0.4, 0.5) is 4.39 Å². The van der Waals surface area contributed by atoms with E-state index in [0.29, 0.717) is 18.5 Å². The Morgan fingerprint density at radius 2 is 2.20 bits per heavy atom. The summed E-state index contributed by atoms with van der Waals surface area (Å²) in [5, 5.41) is 9.48. The monoisotopic (exact) mass is 299 g/mol. The fourth-order valence-electron chi connectivity index (χ4n) is 2.67. The maximum Gasteiger partial charge on any atom is 0.309 e. The number of amides is 1. The van der Waals surface area contributed by atoms with Crippen LogP contribution in [0.1, 0.15) is 31.4 Å². The van der Waals surface area contributed by atoms with Gasteiger partial charge >= 0.3 is 5.97 Å². The summed E-state index contributed by atoms with van der Waals surface area (Å²) in [5.41, 5.74) is 0.432. The first-order chi connectivity index (χ1) is 9.43. The molecule has 1 aromatic rings. The molecule has 0 spiro atoms. The van der Waals surface area contributed by atoms with Crippen LogP contribution < -0.4 is 0 Å². The number of hydrogen-bond acceptors (Lipinski definition) is 2. The van der Waals surface area contributed by atoms with Crippen LogP contribution in [0.5, 0.6) is 0 Å². The molecule has 1 heterocycles. The lowest BCUT2D eigenvalue weighted by Crippen LogP contribution is -2.31. The Morgan fingerprint density at radius 3 is 2.75 bits per heavy atom. The summed E-state index contributed by atoms with van der Waals surface area (Å²) in [7, 11) is 0. The van der Waals surface area contributed by atoms with E-state index in [1.165, 1.54) is 17.0 Å². The highest BCUT2D eigenvalue weighted by Crippen LogP contribution is 2.39. The van der Waals surface area contributed by atoms with Crippen molar-refractivity contribution in [1.29, 1.82) is 0 Å². The van der Waals surface area contributed by atoms with Gasteiger partial charge in [0.25, 0.3) is 0 Å². The number of carboxylic acid groups (broad SMARTS) is 1. The number of hydrogen-bond donors (Lipinski definition) is 1. The summed E-state index contributed by atoms with van der Waals surface area (Å²) < 4.78 is 13.5. The number of carbonyl (C=O) groups excluding carboxylic acids is 1. The lowest BCUT2D eigenvalue weighted by molar-refractivity contribution is -0.142. The summed E-state index contributed by atoms with van der Waals surface area (Å²) in [5.74, 6) is -2.67. The topological polar surface area (TPSA) is 57.6 Å². The van der Waals surface area contributed by atoms with E-state index in [-0.39, 0.29) is 17.4 Å². The normalized spacial score (nSPS) is 22.4. The molecule has 1 N–H and O–H groups in total. The van der Waals surface area contributed by atoms with E-state index >= 15 is 0 Å². The van der Waals surface area contributed by atoms with Crippen molar-refractivity contribution in [3.63, 3.8) is 0 Å². The summed E-state index contributed by atoms with van der Waals surface area (Å²) in [6.07, 6.45) is 0.645. The molecular weight excluding hydrogens is 285 g/mol. The second-order valence-electron chi connectivity index (χ2n) is 4.88. The smallest absolute Gasteiger partial charge is 0.309 e. The van der Waals surface area contributed by atoms with Crippen LogP contribution in [0.15, 0.2) is 18.2 Å². The Bertz CT molecular complexity index is 529.